The Balaban J connectivity index is 0.00000199. The normalized spacial score (nSPS) is 10.1. The van der Waals surface area contributed by atoms with Gasteiger partial charge in [0.1, 0.15) is 28.7 Å². The zero-order valence-corrected chi connectivity index (χ0v) is 20.1. The zero-order valence-electron chi connectivity index (χ0n) is 20.1. The van der Waals surface area contributed by atoms with Crippen LogP contribution >= 0.6 is 0 Å². The van der Waals surface area contributed by atoms with Crippen molar-refractivity contribution in [3.05, 3.63) is 80.9 Å². The van der Waals surface area contributed by atoms with Crippen molar-refractivity contribution >= 4 is 23.3 Å². The molecule has 34 heavy (non-hydrogen) atoms. The summed E-state index contributed by atoms with van der Waals surface area (Å²) < 4.78 is 21.4. The summed E-state index contributed by atoms with van der Waals surface area (Å²) in [7, 11) is 2.92. The number of anilines is 2. The average Bonchev–Trinajstić information content (AvgIpc) is 2.80. The lowest BCUT2D eigenvalue weighted by molar-refractivity contribution is 0.0959. The molecule has 0 radical (unpaired) electrons. The van der Waals surface area contributed by atoms with Gasteiger partial charge in [-0.2, -0.15) is 0 Å². The van der Waals surface area contributed by atoms with Gasteiger partial charge in [0.25, 0.3) is 17.4 Å². The topological polar surface area (TPSA) is 115 Å². The van der Waals surface area contributed by atoms with E-state index in [-0.39, 0.29) is 34.5 Å². The van der Waals surface area contributed by atoms with Crippen molar-refractivity contribution in [3.8, 4) is 11.5 Å². The van der Waals surface area contributed by atoms with Crippen molar-refractivity contribution < 1.29 is 18.7 Å². The molecular formula is C25H29FN4O4. The lowest BCUT2D eigenvalue weighted by atomic mass is 10.1. The van der Waals surface area contributed by atoms with Gasteiger partial charge in [0.15, 0.2) is 0 Å². The highest BCUT2D eigenvalue weighted by atomic mass is 19.1. The molecule has 4 N–H and O–H groups in total. The molecule has 8 nitrogen and oxygen atoms in total. The molecule has 2 aromatic carbocycles. The fourth-order valence-corrected chi connectivity index (χ4v) is 3.21. The van der Waals surface area contributed by atoms with Gasteiger partial charge in [0.2, 0.25) is 0 Å². The van der Waals surface area contributed by atoms with Crippen molar-refractivity contribution in [1.82, 2.24) is 9.88 Å². The van der Waals surface area contributed by atoms with Crippen LogP contribution in [0, 0.1) is 19.7 Å². The number of hydrogen-bond donors (Lipinski definition) is 3. The van der Waals surface area contributed by atoms with E-state index in [0.29, 0.717) is 16.7 Å². The quantitative estimate of drug-likeness (QED) is 0.502. The molecule has 0 spiro atoms. The van der Waals surface area contributed by atoms with Crippen molar-refractivity contribution in [2.45, 2.75) is 27.7 Å². The number of nitrogens with one attached hydrogen (secondary N) is 2. The van der Waals surface area contributed by atoms with E-state index in [4.69, 9.17) is 10.5 Å². The summed E-state index contributed by atoms with van der Waals surface area (Å²) in [6, 6.07) is 10.4. The number of ether oxygens (including phenoxy) is 1. The summed E-state index contributed by atoms with van der Waals surface area (Å²) in [6.07, 6.45) is 0. The maximum absolute atomic E-state index is 14.4. The highest BCUT2D eigenvalue weighted by Gasteiger charge is 2.22. The predicted molar refractivity (Wildman–Crippen MR) is 131 cm³/mol. The monoisotopic (exact) mass is 468 g/mol. The number of benzene rings is 2. The molecule has 0 aliphatic heterocycles. The minimum absolute atomic E-state index is 0.0251. The molecule has 180 valence electrons. The second-order valence-corrected chi connectivity index (χ2v) is 7.21. The number of rotatable bonds is 6. The van der Waals surface area contributed by atoms with E-state index in [2.05, 4.69) is 10.6 Å². The largest absolute Gasteiger partial charge is 0.456 e. The summed E-state index contributed by atoms with van der Waals surface area (Å²) in [4.78, 5) is 37.0. The van der Waals surface area contributed by atoms with Crippen LogP contribution in [0.5, 0.6) is 11.5 Å². The van der Waals surface area contributed by atoms with Crippen LogP contribution in [-0.2, 0) is 7.05 Å². The SMILES string of the molecule is CC.CNC(=O)c1cccc(Oc2cc(=O)n(C)c(Nc3ccc(C)cc3F)c2C(N)=O)c1C. The van der Waals surface area contributed by atoms with Crippen LogP contribution < -0.4 is 26.7 Å². The molecule has 0 atom stereocenters. The Morgan fingerprint density at radius 1 is 1.06 bits per heavy atom. The summed E-state index contributed by atoms with van der Waals surface area (Å²) in [5.74, 6) is -1.65. The third-order valence-corrected chi connectivity index (χ3v) is 5.00. The number of carbonyl (C=O) groups excluding carboxylic acids is 2. The van der Waals surface area contributed by atoms with Gasteiger partial charge < -0.3 is 21.1 Å². The number of primary amides is 1. The van der Waals surface area contributed by atoms with Gasteiger partial charge in [-0.1, -0.05) is 26.0 Å². The minimum Gasteiger partial charge on any atom is -0.456 e. The van der Waals surface area contributed by atoms with Gasteiger partial charge in [-0.25, -0.2) is 4.39 Å². The van der Waals surface area contributed by atoms with Crippen LogP contribution in [0.1, 0.15) is 45.7 Å². The lowest BCUT2D eigenvalue weighted by Gasteiger charge is -2.19. The maximum Gasteiger partial charge on any atom is 0.256 e. The fourth-order valence-electron chi connectivity index (χ4n) is 3.21. The molecule has 3 aromatic rings. The maximum atomic E-state index is 14.4. The highest BCUT2D eigenvalue weighted by Crippen LogP contribution is 2.33. The first kappa shape index (κ1) is 26.1. The Labute approximate surface area is 197 Å². The van der Waals surface area contributed by atoms with E-state index in [1.54, 1.807) is 38.1 Å². The van der Waals surface area contributed by atoms with Gasteiger partial charge >= 0.3 is 0 Å². The Hall–Kier alpha value is -4.14. The molecule has 0 aliphatic carbocycles. The number of pyridine rings is 1. The van der Waals surface area contributed by atoms with Crippen LogP contribution in [0.4, 0.5) is 15.9 Å². The number of amides is 2. The van der Waals surface area contributed by atoms with E-state index in [1.165, 1.54) is 26.2 Å². The van der Waals surface area contributed by atoms with Gasteiger partial charge in [0, 0.05) is 31.3 Å². The van der Waals surface area contributed by atoms with Crippen LogP contribution in [0.15, 0.2) is 47.3 Å². The Morgan fingerprint density at radius 3 is 2.32 bits per heavy atom. The summed E-state index contributed by atoms with van der Waals surface area (Å²) >= 11 is 0. The van der Waals surface area contributed by atoms with Crippen molar-refractivity contribution in [3.63, 3.8) is 0 Å². The van der Waals surface area contributed by atoms with Crippen LogP contribution in [-0.4, -0.2) is 23.4 Å². The highest BCUT2D eigenvalue weighted by molar-refractivity contribution is 6.01. The molecule has 0 aliphatic rings. The standard InChI is InChI=1S/C23H23FN4O4.C2H6/c1-12-8-9-16(15(24)10-12)27-22-20(21(25)30)18(11-19(29)28(22)4)32-17-7-5-6-14(13(17)2)23(31)26-3;1-2/h5-11,27H,1-4H3,(H2,25,30)(H,26,31);1-2H3. The number of hydrogen-bond acceptors (Lipinski definition) is 5. The Morgan fingerprint density at radius 2 is 1.74 bits per heavy atom. The molecule has 2 amide bonds. The van der Waals surface area contributed by atoms with E-state index in [1.807, 2.05) is 13.8 Å². The molecule has 1 heterocycles. The van der Waals surface area contributed by atoms with E-state index >= 15 is 0 Å². The molecule has 9 heteroatoms. The van der Waals surface area contributed by atoms with Crippen molar-refractivity contribution in [2.75, 3.05) is 12.4 Å². The number of halogens is 1. The molecule has 0 saturated carbocycles. The number of aromatic nitrogens is 1. The van der Waals surface area contributed by atoms with Gasteiger partial charge in [-0.3, -0.25) is 19.0 Å². The minimum atomic E-state index is -0.884. The van der Waals surface area contributed by atoms with Crippen molar-refractivity contribution in [2.24, 2.45) is 12.8 Å². The molecule has 0 fully saturated rings. The van der Waals surface area contributed by atoms with Crippen LogP contribution in [0.2, 0.25) is 0 Å². The second-order valence-electron chi connectivity index (χ2n) is 7.21. The second kappa shape index (κ2) is 11.1. The summed E-state index contributed by atoms with van der Waals surface area (Å²) in [5.41, 5.74) is 6.59. The summed E-state index contributed by atoms with van der Waals surface area (Å²) in [5, 5.41) is 5.32. The van der Waals surface area contributed by atoms with Crippen LogP contribution in [0.3, 0.4) is 0 Å². The number of nitrogens with two attached hydrogens (primary N) is 1. The molecule has 3 rings (SSSR count). The Kier molecular flexibility index (Phi) is 8.55. The first-order valence-corrected chi connectivity index (χ1v) is 10.7. The van der Waals surface area contributed by atoms with Crippen LogP contribution in [0.25, 0.3) is 0 Å². The molecule has 0 saturated heterocycles. The number of nitrogens with zero attached hydrogens (tertiary/aromatic N) is 1. The molecule has 0 bridgehead atoms. The first-order chi connectivity index (χ1) is 16.1. The smallest absolute Gasteiger partial charge is 0.256 e. The van der Waals surface area contributed by atoms with Gasteiger partial charge in [-0.15, -0.1) is 0 Å². The predicted octanol–water partition coefficient (Wildman–Crippen LogP) is 4.16. The third-order valence-electron chi connectivity index (χ3n) is 5.00. The summed E-state index contributed by atoms with van der Waals surface area (Å²) in [6.45, 7) is 7.41. The third kappa shape index (κ3) is 5.43. The first-order valence-electron chi connectivity index (χ1n) is 10.7. The molecular weight excluding hydrogens is 439 g/mol. The Bertz CT molecular complexity index is 1280. The number of carbonyl (C=O) groups is 2. The van der Waals surface area contributed by atoms with E-state index in [9.17, 15) is 18.8 Å². The average molecular weight is 469 g/mol. The molecule has 0 unspecified atom stereocenters. The fraction of sp³-hybridized carbons (Fsp3) is 0.240. The van der Waals surface area contributed by atoms with E-state index < -0.39 is 17.3 Å². The number of aryl methyl sites for hydroxylation is 1. The van der Waals surface area contributed by atoms with Gasteiger partial charge in [-0.05, 0) is 43.7 Å². The van der Waals surface area contributed by atoms with E-state index in [0.717, 1.165) is 10.6 Å². The lowest BCUT2D eigenvalue weighted by Crippen LogP contribution is -2.25. The zero-order chi connectivity index (χ0) is 25.6. The van der Waals surface area contributed by atoms with Crippen molar-refractivity contribution in [1.29, 1.82) is 0 Å². The van der Waals surface area contributed by atoms with Gasteiger partial charge in [0.05, 0.1) is 5.69 Å². The molecule has 1 aromatic heterocycles.